The smallest absolute Gasteiger partial charge is 0.334 e. The first-order valence-electron chi connectivity index (χ1n) is 8.55. The van der Waals surface area contributed by atoms with E-state index < -0.39 is 16.8 Å². The summed E-state index contributed by atoms with van der Waals surface area (Å²) in [6, 6.07) is 6.28. The largest absolute Gasteiger partial charge is 0.478 e. The van der Waals surface area contributed by atoms with Gasteiger partial charge in [0.2, 0.25) is 0 Å². The van der Waals surface area contributed by atoms with Crippen molar-refractivity contribution in [1.29, 1.82) is 0 Å². The maximum atomic E-state index is 12.1. The number of nitro groups is 1. The highest BCUT2D eigenvalue weighted by molar-refractivity contribution is 5.93. The number of carbonyl (C=O) groups is 1. The number of hydrogen-bond acceptors (Lipinski definition) is 5. The predicted molar refractivity (Wildman–Crippen MR) is 101 cm³/mol. The first-order chi connectivity index (χ1) is 12.5. The van der Waals surface area contributed by atoms with Gasteiger partial charge >= 0.3 is 5.97 Å². The Hall–Kier alpha value is -3.16. The minimum absolute atomic E-state index is 0.0929. The Balaban J connectivity index is 2.41. The molecule has 142 valence electrons. The van der Waals surface area contributed by atoms with E-state index in [1.165, 1.54) is 6.07 Å². The number of benzene rings is 1. The van der Waals surface area contributed by atoms with Gasteiger partial charge in [0, 0.05) is 35.4 Å². The third-order valence-corrected chi connectivity index (χ3v) is 4.76. The molecule has 0 fully saturated rings. The molecule has 2 N–H and O–H groups in total. The molecule has 0 bridgehead atoms. The number of aromatic nitrogens is 2. The summed E-state index contributed by atoms with van der Waals surface area (Å²) in [5.41, 5.74) is 1.79. The van der Waals surface area contributed by atoms with E-state index in [2.05, 4.69) is 10.4 Å². The Kier molecular flexibility index (Phi) is 4.29. The van der Waals surface area contributed by atoms with Crippen molar-refractivity contribution in [3.8, 4) is 0 Å². The van der Waals surface area contributed by atoms with Gasteiger partial charge in [-0.3, -0.25) is 14.8 Å². The van der Waals surface area contributed by atoms with Crippen molar-refractivity contribution in [2.24, 2.45) is 7.05 Å². The van der Waals surface area contributed by atoms with Gasteiger partial charge in [-0.05, 0) is 6.92 Å². The van der Waals surface area contributed by atoms with E-state index in [1.54, 1.807) is 36.9 Å². The van der Waals surface area contributed by atoms with Crippen LogP contribution < -0.4 is 5.32 Å². The third kappa shape index (κ3) is 2.97. The minimum atomic E-state index is -1.11. The number of rotatable bonds is 3. The molecular weight excluding hydrogens is 348 g/mol. The highest BCUT2D eigenvalue weighted by atomic mass is 16.6. The van der Waals surface area contributed by atoms with Gasteiger partial charge < -0.3 is 10.4 Å². The SMILES string of the molecule is CC1=C(C(=O)O)C(c2ccccc2[N+](=O)[O-])c2c(C(C)(C)C)nn(C)c2N1. The van der Waals surface area contributed by atoms with Crippen LogP contribution in [-0.2, 0) is 17.3 Å². The van der Waals surface area contributed by atoms with Crippen molar-refractivity contribution in [3.63, 3.8) is 0 Å². The maximum absolute atomic E-state index is 12.1. The van der Waals surface area contributed by atoms with Gasteiger partial charge in [0.1, 0.15) is 5.82 Å². The molecule has 3 rings (SSSR count). The van der Waals surface area contributed by atoms with Gasteiger partial charge in [-0.2, -0.15) is 5.10 Å². The van der Waals surface area contributed by atoms with E-state index >= 15 is 0 Å². The van der Waals surface area contributed by atoms with E-state index in [4.69, 9.17) is 0 Å². The van der Waals surface area contributed by atoms with Crippen LogP contribution in [0.2, 0.25) is 0 Å². The molecule has 0 saturated heterocycles. The molecule has 0 saturated carbocycles. The first kappa shape index (κ1) is 18.6. The standard InChI is InChI=1S/C19H22N4O4/c1-10-13(18(24)25)14(11-8-6-7-9-12(11)23(26)27)15-16(19(2,3)4)21-22(5)17(15)20-10/h6-9,14,20H,1-5H3,(H,24,25). The van der Waals surface area contributed by atoms with Gasteiger partial charge in [-0.1, -0.05) is 39.0 Å². The highest BCUT2D eigenvalue weighted by Gasteiger charge is 2.41. The van der Waals surface area contributed by atoms with Gasteiger partial charge in [0.25, 0.3) is 5.69 Å². The zero-order valence-electron chi connectivity index (χ0n) is 15.9. The normalized spacial score (nSPS) is 16.7. The number of hydrogen-bond donors (Lipinski definition) is 2. The molecule has 0 spiro atoms. The van der Waals surface area contributed by atoms with E-state index in [0.29, 0.717) is 28.3 Å². The molecule has 1 aromatic carbocycles. The van der Waals surface area contributed by atoms with Crippen LogP contribution in [0.5, 0.6) is 0 Å². The number of anilines is 1. The summed E-state index contributed by atoms with van der Waals surface area (Å²) in [5, 5.41) is 29.3. The van der Waals surface area contributed by atoms with E-state index in [1.807, 2.05) is 20.8 Å². The second-order valence-electron chi connectivity index (χ2n) is 7.70. The average molecular weight is 370 g/mol. The zero-order chi connectivity index (χ0) is 20.1. The summed E-state index contributed by atoms with van der Waals surface area (Å²) in [6.45, 7) is 7.62. The molecule has 1 unspecified atom stereocenters. The molecule has 2 heterocycles. The summed E-state index contributed by atoms with van der Waals surface area (Å²) >= 11 is 0. The lowest BCUT2D eigenvalue weighted by Crippen LogP contribution is -2.26. The van der Waals surface area contributed by atoms with Crippen LogP contribution in [0.4, 0.5) is 11.5 Å². The number of para-hydroxylation sites is 1. The van der Waals surface area contributed by atoms with E-state index in [0.717, 1.165) is 0 Å². The summed E-state index contributed by atoms with van der Waals surface area (Å²) in [5.74, 6) is -1.24. The zero-order valence-corrected chi connectivity index (χ0v) is 15.9. The fraction of sp³-hybridized carbons (Fsp3) is 0.368. The van der Waals surface area contributed by atoms with Gasteiger partial charge in [-0.25, -0.2) is 4.79 Å². The number of carboxylic acids is 1. The van der Waals surface area contributed by atoms with Crippen molar-refractivity contribution in [2.45, 2.75) is 39.0 Å². The van der Waals surface area contributed by atoms with Gasteiger partial charge in [-0.15, -0.1) is 0 Å². The molecule has 0 radical (unpaired) electrons. The summed E-state index contributed by atoms with van der Waals surface area (Å²) in [4.78, 5) is 23.3. The number of nitrogens with zero attached hydrogens (tertiary/aromatic N) is 3. The fourth-order valence-electron chi connectivity index (χ4n) is 3.61. The van der Waals surface area contributed by atoms with Crippen LogP contribution in [0.15, 0.2) is 35.5 Å². The van der Waals surface area contributed by atoms with E-state index in [9.17, 15) is 20.0 Å². The number of allylic oxidation sites excluding steroid dienone is 1. The van der Waals surface area contributed by atoms with Gasteiger partial charge in [0.15, 0.2) is 0 Å². The lowest BCUT2D eigenvalue weighted by atomic mass is 9.76. The molecule has 1 aliphatic heterocycles. The Bertz CT molecular complexity index is 982. The number of aliphatic carboxylic acids is 1. The molecule has 27 heavy (non-hydrogen) atoms. The van der Waals surface area contributed by atoms with Crippen LogP contribution in [0.1, 0.15) is 50.4 Å². The van der Waals surface area contributed by atoms with Crippen LogP contribution in [0.3, 0.4) is 0 Å². The van der Waals surface area contributed by atoms with Crippen LogP contribution in [-0.4, -0.2) is 25.8 Å². The monoisotopic (exact) mass is 370 g/mol. The number of carboxylic acid groups (broad SMARTS) is 1. The summed E-state index contributed by atoms with van der Waals surface area (Å²) in [7, 11) is 1.77. The van der Waals surface area contributed by atoms with Crippen LogP contribution >= 0.6 is 0 Å². The number of nitro benzene ring substituents is 1. The molecule has 1 atom stereocenters. The lowest BCUT2D eigenvalue weighted by molar-refractivity contribution is -0.385. The molecule has 2 aromatic rings. The molecule has 1 aromatic heterocycles. The Morgan fingerprint density at radius 2 is 1.96 bits per heavy atom. The fourth-order valence-corrected chi connectivity index (χ4v) is 3.61. The number of nitrogens with one attached hydrogen (secondary N) is 1. The predicted octanol–water partition coefficient (Wildman–Crippen LogP) is 3.54. The van der Waals surface area contributed by atoms with Crippen molar-refractivity contribution in [1.82, 2.24) is 9.78 Å². The highest BCUT2D eigenvalue weighted by Crippen LogP contribution is 2.48. The topological polar surface area (TPSA) is 110 Å². The number of fused-ring (bicyclic) bond motifs is 1. The second-order valence-corrected chi connectivity index (χ2v) is 7.70. The van der Waals surface area contributed by atoms with Crippen LogP contribution in [0.25, 0.3) is 0 Å². The Labute approximate surface area is 156 Å². The lowest BCUT2D eigenvalue weighted by Gasteiger charge is -2.29. The Morgan fingerprint density at radius 1 is 1.33 bits per heavy atom. The third-order valence-electron chi connectivity index (χ3n) is 4.76. The Morgan fingerprint density at radius 3 is 2.52 bits per heavy atom. The maximum Gasteiger partial charge on any atom is 0.334 e. The van der Waals surface area contributed by atoms with Crippen molar-refractivity contribution >= 4 is 17.5 Å². The first-order valence-corrected chi connectivity index (χ1v) is 8.55. The van der Waals surface area contributed by atoms with E-state index in [-0.39, 0.29) is 16.7 Å². The second kappa shape index (κ2) is 6.22. The van der Waals surface area contributed by atoms with Crippen LogP contribution in [0, 0.1) is 10.1 Å². The quantitative estimate of drug-likeness (QED) is 0.631. The summed E-state index contributed by atoms with van der Waals surface area (Å²) in [6.07, 6.45) is 0. The molecule has 0 amide bonds. The van der Waals surface area contributed by atoms with Crippen molar-refractivity contribution in [3.05, 3.63) is 62.5 Å². The van der Waals surface area contributed by atoms with Crippen molar-refractivity contribution < 1.29 is 14.8 Å². The average Bonchev–Trinajstić information content (AvgIpc) is 2.90. The minimum Gasteiger partial charge on any atom is -0.478 e. The van der Waals surface area contributed by atoms with Gasteiger partial charge in [0.05, 0.1) is 22.1 Å². The molecule has 0 aliphatic carbocycles. The number of aryl methyl sites for hydroxylation is 1. The molecule has 1 aliphatic rings. The summed E-state index contributed by atoms with van der Waals surface area (Å²) < 4.78 is 1.67. The molecule has 8 heteroatoms. The molecular formula is C19H22N4O4. The van der Waals surface area contributed by atoms with Crippen molar-refractivity contribution in [2.75, 3.05) is 5.32 Å². The molecule has 8 nitrogen and oxygen atoms in total.